The van der Waals surface area contributed by atoms with E-state index in [1.807, 2.05) is 0 Å². The third-order valence-electron chi connectivity index (χ3n) is 23.7. The van der Waals surface area contributed by atoms with E-state index in [9.17, 15) is 45.3 Å². The molecule has 4 aliphatic heterocycles. The quantitative estimate of drug-likeness (QED) is 0.104. The van der Waals surface area contributed by atoms with Gasteiger partial charge in [-0.2, -0.15) is 0 Å². The monoisotopic (exact) mass is 1010 g/mol. The van der Waals surface area contributed by atoms with Crippen molar-refractivity contribution in [3.63, 3.8) is 0 Å². The maximum absolute atomic E-state index is 12.9. The Morgan fingerprint density at radius 3 is 2.53 bits per heavy atom. The molecule has 0 aromatic heterocycles. The maximum atomic E-state index is 12.9. The number of carbonyl (C=O) groups excluding carboxylic acids is 1. The van der Waals surface area contributed by atoms with Crippen LogP contribution in [0.25, 0.3) is 10.8 Å². The summed E-state index contributed by atoms with van der Waals surface area (Å²) in [6.45, 7) is 3.28. The van der Waals surface area contributed by atoms with Gasteiger partial charge in [0.2, 0.25) is 6.29 Å². The lowest BCUT2D eigenvalue weighted by atomic mass is 9.39. The van der Waals surface area contributed by atoms with Gasteiger partial charge in [-0.05, 0) is 191 Å². The highest BCUT2D eigenvalue weighted by Gasteiger charge is 2.78. The van der Waals surface area contributed by atoms with E-state index in [2.05, 4.69) is 16.9 Å². The molecule has 4 heterocycles. The van der Waals surface area contributed by atoms with Crippen LogP contribution >= 0.6 is 0 Å². The zero-order chi connectivity index (χ0) is 50.4. The molecule has 9 N–H and O–H groups in total. The number of aromatic hydroxyl groups is 2. The first-order chi connectivity index (χ1) is 35.0. The van der Waals surface area contributed by atoms with E-state index in [0.717, 1.165) is 36.3 Å². The van der Waals surface area contributed by atoms with Crippen molar-refractivity contribution in [2.45, 2.75) is 171 Å². The first kappa shape index (κ1) is 47.8. The number of phenols is 2. The molecule has 6 spiro atoms. The molecule has 2 aromatic carbocycles. The molecule has 0 amide bonds. The molecular formula is C58H74N2O13. The molecular weight excluding hydrogens is 933 g/mol. The van der Waals surface area contributed by atoms with Crippen molar-refractivity contribution in [3.8, 4) is 17.2 Å². The van der Waals surface area contributed by atoms with E-state index in [0.29, 0.717) is 36.9 Å². The Bertz CT molecular complexity index is 2790. The Labute approximate surface area is 426 Å². The molecule has 17 atom stereocenters. The molecule has 3 saturated heterocycles. The number of hydrogen-bond acceptors (Lipinski definition) is 14. The summed E-state index contributed by atoms with van der Waals surface area (Å²) in [5.41, 5.74) is 9.70. The molecule has 73 heavy (non-hydrogen) atoms. The highest BCUT2D eigenvalue weighted by atomic mass is 16.7. The van der Waals surface area contributed by atoms with Crippen molar-refractivity contribution in [2.24, 2.45) is 56.7 Å². The van der Waals surface area contributed by atoms with Gasteiger partial charge in [0, 0.05) is 47.1 Å². The van der Waals surface area contributed by atoms with Crippen LogP contribution in [0.15, 0.2) is 34.9 Å². The summed E-state index contributed by atoms with van der Waals surface area (Å²) in [7, 11) is 0. The minimum Gasteiger partial charge on any atom is -0.507 e. The fourth-order valence-electron chi connectivity index (χ4n) is 21.3. The lowest BCUT2D eigenvalue weighted by molar-refractivity contribution is -0.327. The highest BCUT2D eigenvalue weighted by Crippen LogP contribution is 2.81. The summed E-state index contributed by atoms with van der Waals surface area (Å²) in [6, 6.07) is 2.55. The molecule has 2 aromatic rings. The SMILES string of the molecule is CC(=O)c1c(C)c(O)c2cc(C(=O)O)cc(OC3OC(CO)C4(CC5C6=C(CC=C6C6(CCO)COCC7CC89CC5(NNC8CC5(CCC8CCCC%10CCCC%10%11CCC85C%11)C9)C76)CO4)C(O)C3O)c2c1O. The Morgan fingerprint density at radius 2 is 1.74 bits per heavy atom. The average Bonchev–Trinajstić information content (AvgIpc) is 4.17. The maximum Gasteiger partial charge on any atom is 0.335 e. The van der Waals surface area contributed by atoms with Crippen molar-refractivity contribution in [3.05, 3.63) is 51.6 Å². The van der Waals surface area contributed by atoms with Gasteiger partial charge in [-0.1, -0.05) is 18.9 Å². The van der Waals surface area contributed by atoms with Gasteiger partial charge in [0.1, 0.15) is 41.2 Å². The largest absolute Gasteiger partial charge is 0.507 e. The molecule has 15 nitrogen and oxygen atoms in total. The van der Waals surface area contributed by atoms with Gasteiger partial charge in [0.15, 0.2) is 5.78 Å². The molecule has 7 saturated carbocycles. The van der Waals surface area contributed by atoms with Gasteiger partial charge in [-0.25, -0.2) is 4.79 Å². The van der Waals surface area contributed by atoms with Crippen LogP contribution in [-0.2, 0) is 14.2 Å². The normalized spacial score (nSPS) is 46.8. The standard InChI is InChI=1S/C58H74N2O13/c1-29-42(30(2)63)46(65)44-36(45(29)64)17-32(50(68)69)18-39(44)72-51-47(66)49(67)58(41(22-62)73-51)20-38-43-31(24-71-58)8-9-37(43)55(15-16-61)28-70-23-33-19-53-25-54(21-40(53)59-60-57(38,27-53)48(33)55)12-10-35-6-3-5-34-7-4-11-52(34)13-14-56(35,54)26-52/h9,17-18,33-35,38,40-41,47-49,51,59-62,64-67H,3-8,10-16,19-28H2,1-2H3,(H,68,69). The summed E-state index contributed by atoms with van der Waals surface area (Å²) < 4.78 is 26.7. The zero-order valence-electron chi connectivity index (χ0n) is 42.3. The summed E-state index contributed by atoms with van der Waals surface area (Å²) in [6.07, 6.45) is 16.7. The second kappa shape index (κ2) is 16.0. The first-order valence-electron chi connectivity index (χ1n) is 27.9. The second-order valence-electron chi connectivity index (χ2n) is 26.1. The number of ketones is 1. The number of rotatable bonds is 7. The number of nitrogens with one attached hydrogen (secondary N) is 2. The van der Waals surface area contributed by atoms with E-state index >= 15 is 0 Å². The Kier molecular flexibility index (Phi) is 10.5. The fourth-order valence-corrected chi connectivity index (χ4v) is 21.3. The molecule has 0 radical (unpaired) electrons. The van der Waals surface area contributed by atoms with Gasteiger partial charge < -0.3 is 54.7 Å². The van der Waals surface area contributed by atoms with Crippen LogP contribution in [0.4, 0.5) is 0 Å². The number of carboxylic acid groups (broad SMARTS) is 1. The second-order valence-corrected chi connectivity index (χ2v) is 26.1. The summed E-state index contributed by atoms with van der Waals surface area (Å²) in [5, 5.41) is 80.6. The number of allylic oxidation sites excluding steroid dienone is 1. The highest BCUT2D eigenvalue weighted by molar-refractivity contribution is 6.11. The molecule has 14 rings (SSSR count). The van der Waals surface area contributed by atoms with E-state index in [4.69, 9.17) is 18.9 Å². The first-order valence-corrected chi connectivity index (χ1v) is 27.9. The fraction of sp³-hybridized carbons (Fsp3) is 0.724. The average molecular weight is 1010 g/mol. The number of ether oxygens (including phenoxy) is 4. The predicted molar refractivity (Wildman–Crippen MR) is 265 cm³/mol. The van der Waals surface area contributed by atoms with Gasteiger partial charge >= 0.3 is 5.97 Å². The van der Waals surface area contributed by atoms with Gasteiger partial charge in [-0.3, -0.25) is 15.6 Å². The number of aromatic carboxylic acids is 1. The number of fused-ring (bicyclic) bond motifs is 2. The van der Waals surface area contributed by atoms with Crippen molar-refractivity contribution >= 4 is 22.5 Å². The molecule has 17 unspecified atom stereocenters. The minimum atomic E-state index is -1.82. The third kappa shape index (κ3) is 5.98. The Morgan fingerprint density at radius 1 is 0.918 bits per heavy atom. The van der Waals surface area contributed by atoms with Crippen molar-refractivity contribution in [1.82, 2.24) is 10.9 Å². The van der Waals surface area contributed by atoms with Crippen LogP contribution in [0.3, 0.4) is 0 Å². The van der Waals surface area contributed by atoms with Gasteiger partial charge in [0.25, 0.3) is 0 Å². The van der Waals surface area contributed by atoms with E-state index in [1.54, 1.807) is 0 Å². The Hall–Kier alpha value is -3.64. The van der Waals surface area contributed by atoms with Crippen molar-refractivity contribution in [1.29, 1.82) is 0 Å². The third-order valence-corrected chi connectivity index (χ3v) is 23.7. The van der Waals surface area contributed by atoms with Crippen LogP contribution in [0.1, 0.15) is 149 Å². The number of carbonyl (C=O) groups is 2. The summed E-state index contributed by atoms with van der Waals surface area (Å²) in [4.78, 5) is 25.3. The summed E-state index contributed by atoms with van der Waals surface area (Å²) >= 11 is 0. The lowest BCUT2D eigenvalue weighted by Gasteiger charge is -2.71. The summed E-state index contributed by atoms with van der Waals surface area (Å²) in [5.74, 6) is -1.58. The molecule has 15 heteroatoms. The molecule has 12 aliphatic rings. The van der Waals surface area contributed by atoms with Crippen molar-refractivity contribution in [2.75, 3.05) is 33.0 Å². The number of benzene rings is 2. The van der Waals surface area contributed by atoms with Crippen LogP contribution in [0.5, 0.6) is 17.2 Å². The minimum absolute atomic E-state index is 0.00905. The number of carboxylic acids is 1. The smallest absolute Gasteiger partial charge is 0.335 e. The number of Topliss-reactive ketones (excluding diaryl/α,β-unsaturated/α-hetero) is 1. The van der Waals surface area contributed by atoms with Crippen molar-refractivity contribution < 1.29 is 64.3 Å². The van der Waals surface area contributed by atoms with E-state index in [1.165, 1.54) is 115 Å². The topological polar surface area (TPSA) is 237 Å². The van der Waals surface area contributed by atoms with Crippen LogP contribution in [0.2, 0.25) is 0 Å². The van der Waals surface area contributed by atoms with Gasteiger partial charge in [-0.15, -0.1) is 0 Å². The number of hydrazine groups is 1. The lowest BCUT2D eigenvalue weighted by Crippen LogP contribution is -2.81. The number of phenolic OH excluding ortho intramolecular Hbond substituents is 2. The number of aliphatic hydroxyl groups is 4. The number of aliphatic hydroxyl groups excluding tert-OH is 4. The van der Waals surface area contributed by atoms with Crippen LogP contribution in [0, 0.1) is 63.6 Å². The number of hydrogen-bond donors (Lipinski definition) is 9. The van der Waals surface area contributed by atoms with Crippen LogP contribution in [-0.4, -0.2) is 122 Å². The van der Waals surface area contributed by atoms with Crippen LogP contribution < -0.4 is 15.6 Å². The molecule has 8 aliphatic carbocycles. The Balaban J connectivity index is 0.853. The predicted octanol–water partition coefficient (Wildman–Crippen LogP) is 6.65. The van der Waals surface area contributed by atoms with E-state index < -0.39 is 71.0 Å². The molecule has 10 fully saturated rings. The molecule has 4 bridgehead atoms. The van der Waals surface area contributed by atoms with Gasteiger partial charge in [0.05, 0.1) is 36.3 Å². The van der Waals surface area contributed by atoms with E-state index in [-0.39, 0.29) is 87.5 Å². The zero-order valence-corrected chi connectivity index (χ0v) is 42.3. The molecule has 394 valence electrons.